The molecule has 0 amide bonds. The van der Waals surface area contributed by atoms with Crippen LogP contribution in [-0.2, 0) is 0 Å². The minimum atomic E-state index is -0.104. The third-order valence-electron chi connectivity index (χ3n) is 5.81. The van der Waals surface area contributed by atoms with Gasteiger partial charge in [0, 0.05) is 23.8 Å². The van der Waals surface area contributed by atoms with Gasteiger partial charge in [-0.25, -0.2) is 0 Å². The average Bonchev–Trinajstić information content (AvgIpc) is 3.43. The van der Waals surface area contributed by atoms with E-state index in [0.29, 0.717) is 5.11 Å². The van der Waals surface area contributed by atoms with Crippen molar-refractivity contribution in [2.75, 3.05) is 12.0 Å². The van der Waals surface area contributed by atoms with Gasteiger partial charge < -0.3 is 19.5 Å². The summed E-state index contributed by atoms with van der Waals surface area (Å²) in [5, 5.41) is 4.22. The Hall–Kier alpha value is -3.64. The number of nitrogens with one attached hydrogen (secondary N) is 1. The maximum absolute atomic E-state index is 5.86. The van der Waals surface area contributed by atoms with Crippen LogP contribution in [0.3, 0.4) is 0 Å². The van der Waals surface area contributed by atoms with Crippen molar-refractivity contribution >= 4 is 23.0 Å². The highest BCUT2D eigenvalue weighted by Crippen LogP contribution is 2.43. The molecule has 1 N–H and O–H groups in total. The van der Waals surface area contributed by atoms with Crippen LogP contribution in [0.2, 0.25) is 0 Å². The number of benzene rings is 2. The zero-order valence-corrected chi connectivity index (χ0v) is 18.8. The third kappa shape index (κ3) is 3.52. The van der Waals surface area contributed by atoms with Gasteiger partial charge >= 0.3 is 0 Å². The van der Waals surface area contributed by atoms with E-state index in [1.807, 2.05) is 42.6 Å². The molecule has 2 aromatic heterocycles. The van der Waals surface area contributed by atoms with Crippen molar-refractivity contribution < 1.29 is 4.74 Å². The van der Waals surface area contributed by atoms with Gasteiger partial charge in [-0.2, -0.15) is 0 Å². The molecule has 0 radical (unpaired) electrons. The minimum Gasteiger partial charge on any atom is -0.495 e. The normalized spacial score (nSPS) is 17.9. The second kappa shape index (κ2) is 8.48. The van der Waals surface area contributed by atoms with Crippen LogP contribution in [0.25, 0.3) is 5.69 Å². The molecule has 1 saturated heterocycles. The van der Waals surface area contributed by atoms with Crippen molar-refractivity contribution in [3.8, 4) is 11.4 Å². The molecule has 160 valence electrons. The number of nitrogens with zero attached hydrogens (tertiary/aromatic N) is 3. The average molecular weight is 441 g/mol. The van der Waals surface area contributed by atoms with Crippen molar-refractivity contribution in [1.82, 2.24) is 14.9 Å². The largest absolute Gasteiger partial charge is 0.495 e. The highest BCUT2D eigenvalue weighted by molar-refractivity contribution is 7.80. The predicted molar refractivity (Wildman–Crippen MR) is 131 cm³/mol. The first-order chi connectivity index (χ1) is 15.7. The van der Waals surface area contributed by atoms with Crippen molar-refractivity contribution in [2.24, 2.45) is 0 Å². The Morgan fingerprint density at radius 1 is 0.969 bits per heavy atom. The zero-order valence-electron chi connectivity index (χ0n) is 18.0. The van der Waals surface area contributed by atoms with Crippen LogP contribution in [-0.4, -0.2) is 21.8 Å². The Kier molecular flexibility index (Phi) is 5.37. The molecule has 0 bridgehead atoms. The Labute approximate surface area is 193 Å². The van der Waals surface area contributed by atoms with E-state index in [9.17, 15) is 0 Å². The Bertz CT molecular complexity index is 1250. The fraction of sp³-hybridized carbons (Fsp3) is 0.154. The van der Waals surface area contributed by atoms with Crippen molar-refractivity contribution in [3.63, 3.8) is 0 Å². The minimum absolute atomic E-state index is 0.0980. The maximum atomic E-state index is 5.86. The van der Waals surface area contributed by atoms with Gasteiger partial charge in [-0.1, -0.05) is 30.3 Å². The first-order valence-electron chi connectivity index (χ1n) is 10.6. The maximum Gasteiger partial charge on any atom is 0.174 e. The smallest absolute Gasteiger partial charge is 0.174 e. The van der Waals surface area contributed by atoms with Gasteiger partial charge in [0.05, 0.1) is 24.5 Å². The van der Waals surface area contributed by atoms with E-state index in [2.05, 4.69) is 75.4 Å². The zero-order chi connectivity index (χ0) is 22.1. The molecule has 1 fully saturated rings. The SMILES string of the molecule is COc1ccccc1-n1cccc1[C@@H]1[C@@H](c2ccccn2)NC(=S)N1c1cccc(C)c1. The molecule has 32 heavy (non-hydrogen) atoms. The number of thiocarbonyl (C=S) groups is 1. The molecule has 2 atom stereocenters. The van der Waals surface area contributed by atoms with Crippen LogP contribution >= 0.6 is 12.2 Å². The lowest BCUT2D eigenvalue weighted by atomic mass is 10.0. The van der Waals surface area contributed by atoms with Crippen LogP contribution in [0.1, 0.15) is 29.0 Å². The van der Waals surface area contributed by atoms with Crippen molar-refractivity contribution in [2.45, 2.75) is 19.0 Å². The first-order valence-corrected chi connectivity index (χ1v) is 11.0. The lowest BCUT2D eigenvalue weighted by Gasteiger charge is -2.29. The van der Waals surface area contributed by atoms with Crippen LogP contribution in [0.15, 0.2) is 91.3 Å². The summed E-state index contributed by atoms with van der Waals surface area (Å²) in [6.07, 6.45) is 3.89. The molecule has 0 aliphatic carbocycles. The van der Waals surface area contributed by atoms with Crippen LogP contribution in [0.4, 0.5) is 5.69 Å². The number of hydrogen-bond acceptors (Lipinski definition) is 3. The van der Waals surface area contributed by atoms with E-state index in [1.54, 1.807) is 7.11 Å². The number of para-hydroxylation sites is 2. The Balaban J connectivity index is 1.69. The lowest BCUT2D eigenvalue weighted by Crippen LogP contribution is -2.30. The number of aromatic nitrogens is 2. The Morgan fingerprint density at radius 2 is 1.81 bits per heavy atom. The number of ether oxygens (including phenoxy) is 1. The summed E-state index contributed by atoms with van der Waals surface area (Å²) in [7, 11) is 1.70. The van der Waals surface area contributed by atoms with Gasteiger partial charge in [-0.15, -0.1) is 0 Å². The van der Waals surface area contributed by atoms with E-state index in [1.165, 1.54) is 5.56 Å². The summed E-state index contributed by atoms with van der Waals surface area (Å²) in [6, 6.07) is 26.5. The van der Waals surface area contributed by atoms with E-state index in [-0.39, 0.29) is 12.1 Å². The van der Waals surface area contributed by atoms with E-state index in [4.69, 9.17) is 17.0 Å². The van der Waals surface area contributed by atoms with Gasteiger partial charge in [0.1, 0.15) is 11.8 Å². The molecular weight excluding hydrogens is 416 g/mol. The first kappa shape index (κ1) is 20.3. The van der Waals surface area contributed by atoms with Crippen molar-refractivity contribution in [1.29, 1.82) is 0 Å². The summed E-state index contributed by atoms with van der Waals surface area (Å²) in [5.41, 5.74) is 5.27. The topological polar surface area (TPSA) is 42.3 Å². The van der Waals surface area contributed by atoms with Crippen LogP contribution in [0, 0.1) is 6.92 Å². The summed E-state index contributed by atoms with van der Waals surface area (Å²) >= 11 is 5.86. The molecule has 2 aromatic carbocycles. The third-order valence-corrected chi connectivity index (χ3v) is 6.12. The monoisotopic (exact) mass is 440 g/mol. The molecule has 1 aliphatic rings. The van der Waals surface area contributed by atoms with E-state index >= 15 is 0 Å². The standard InChI is InChI=1S/C26H24N4OS/c1-18-9-7-10-19(17-18)30-25(24(28-26(30)32)20-11-5-6-15-27-20)22-13-8-16-29(22)21-12-3-4-14-23(21)31-2/h3-17,24-25H,1-2H3,(H,28,32)/t24-,25-/m1/s1. The molecule has 0 spiro atoms. The van der Waals surface area contributed by atoms with E-state index in [0.717, 1.165) is 28.5 Å². The molecule has 3 heterocycles. The van der Waals surface area contributed by atoms with Gasteiger partial charge in [-0.3, -0.25) is 4.98 Å². The summed E-state index contributed by atoms with van der Waals surface area (Å²) in [4.78, 5) is 6.85. The summed E-state index contributed by atoms with van der Waals surface area (Å²) < 4.78 is 7.84. The molecule has 5 rings (SSSR count). The number of anilines is 1. The molecular formula is C26H24N4OS. The molecule has 0 unspecified atom stereocenters. The molecule has 6 heteroatoms. The summed E-state index contributed by atoms with van der Waals surface area (Å²) in [6.45, 7) is 2.10. The number of methoxy groups -OCH3 is 1. The molecule has 5 nitrogen and oxygen atoms in total. The fourth-order valence-electron chi connectivity index (χ4n) is 4.39. The van der Waals surface area contributed by atoms with Gasteiger partial charge in [0.25, 0.3) is 0 Å². The fourth-order valence-corrected chi connectivity index (χ4v) is 4.74. The second-order valence-electron chi connectivity index (χ2n) is 7.81. The highest BCUT2D eigenvalue weighted by Gasteiger charge is 2.42. The highest BCUT2D eigenvalue weighted by atomic mass is 32.1. The number of aryl methyl sites for hydroxylation is 1. The van der Waals surface area contributed by atoms with Crippen LogP contribution < -0.4 is 15.0 Å². The van der Waals surface area contributed by atoms with Crippen LogP contribution in [0.5, 0.6) is 5.75 Å². The van der Waals surface area contributed by atoms with E-state index < -0.39 is 0 Å². The van der Waals surface area contributed by atoms with Gasteiger partial charge in [0.2, 0.25) is 0 Å². The lowest BCUT2D eigenvalue weighted by molar-refractivity contribution is 0.412. The molecule has 0 saturated carbocycles. The number of pyridine rings is 1. The predicted octanol–water partition coefficient (Wildman–Crippen LogP) is 5.37. The number of hydrogen-bond donors (Lipinski definition) is 1. The van der Waals surface area contributed by atoms with Gasteiger partial charge in [0.15, 0.2) is 5.11 Å². The summed E-state index contributed by atoms with van der Waals surface area (Å²) in [5.74, 6) is 0.815. The quantitative estimate of drug-likeness (QED) is 0.423. The molecule has 1 aliphatic heterocycles. The number of rotatable bonds is 5. The molecule has 4 aromatic rings. The van der Waals surface area contributed by atoms with Gasteiger partial charge in [-0.05, 0) is 73.2 Å². The Morgan fingerprint density at radius 3 is 2.59 bits per heavy atom. The second-order valence-corrected chi connectivity index (χ2v) is 8.20. The van der Waals surface area contributed by atoms with Crippen molar-refractivity contribution in [3.05, 3.63) is 108 Å².